The predicted octanol–water partition coefficient (Wildman–Crippen LogP) is 5.68. The number of hydrogen-bond acceptors (Lipinski definition) is 4. The number of carbonyl (C=O) groups is 1. The highest BCUT2D eigenvalue weighted by atomic mass is 35.5. The van der Waals surface area contributed by atoms with Gasteiger partial charge in [-0.1, -0.05) is 17.7 Å². The summed E-state index contributed by atoms with van der Waals surface area (Å²) >= 11 is 6.09. The van der Waals surface area contributed by atoms with Gasteiger partial charge in [0.25, 0.3) is 0 Å². The van der Waals surface area contributed by atoms with Crippen molar-refractivity contribution in [1.29, 1.82) is 0 Å². The number of esters is 1. The molecule has 150 valence electrons. The largest absolute Gasteiger partial charge is 0.494 e. The summed E-state index contributed by atoms with van der Waals surface area (Å²) in [7, 11) is 1.60. The fraction of sp³-hybridized carbons (Fsp3) is 0.217. The standard InChI is InChI=1S/C23H23ClN2O3/c1-5-29-23(27)17-7-6-8-20(12-17)26-15(2)11-18(16(26)3)14-25-21-13-19(24)9-10-22(21)28-4/h6-14H,5H2,1-4H3. The van der Waals surface area contributed by atoms with Gasteiger partial charge in [0.05, 0.1) is 19.3 Å². The van der Waals surface area contributed by atoms with Crippen molar-refractivity contribution in [3.05, 3.63) is 76.1 Å². The summed E-state index contributed by atoms with van der Waals surface area (Å²) in [6, 6.07) is 14.8. The minimum Gasteiger partial charge on any atom is -0.494 e. The number of benzene rings is 2. The first-order valence-electron chi connectivity index (χ1n) is 9.28. The maximum absolute atomic E-state index is 12.1. The lowest BCUT2D eigenvalue weighted by Gasteiger charge is -2.11. The molecule has 0 saturated heterocycles. The Balaban J connectivity index is 1.97. The van der Waals surface area contributed by atoms with Gasteiger partial charge in [-0.15, -0.1) is 0 Å². The van der Waals surface area contributed by atoms with Crippen molar-refractivity contribution < 1.29 is 14.3 Å². The SMILES string of the molecule is CCOC(=O)c1cccc(-n2c(C)cc(C=Nc3cc(Cl)ccc3OC)c2C)c1. The highest BCUT2D eigenvalue weighted by Crippen LogP contribution is 2.30. The topological polar surface area (TPSA) is 52.8 Å². The highest BCUT2D eigenvalue weighted by Gasteiger charge is 2.13. The van der Waals surface area contributed by atoms with Crippen molar-refractivity contribution in [3.8, 4) is 11.4 Å². The van der Waals surface area contributed by atoms with Gasteiger partial charge in [-0.3, -0.25) is 4.99 Å². The zero-order chi connectivity index (χ0) is 21.0. The van der Waals surface area contributed by atoms with Crippen molar-refractivity contribution >= 4 is 29.5 Å². The van der Waals surface area contributed by atoms with Gasteiger partial charge in [0, 0.05) is 33.9 Å². The molecule has 0 aliphatic rings. The minimum atomic E-state index is -0.327. The molecule has 0 amide bonds. The molecule has 1 aromatic heterocycles. The van der Waals surface area contributed by atoms with Crippen LogP contribution in [-0.4, -0.2) is 30.5 Å². The normalized spacial score (nSPS) is 11.1. The van der Waals surface area contributed by atoms with Gasteiger partial charge in [0.15, 0.2) is 0 Å². The quantitative estimate of drug-likeness (QED) is 0.388. The lowest BCUT2D eigenvalue weighted by molar-refractivity contribution is 0.0526. The van der Waals surface area contributed by atoms with Crippen LogP contribution < -0.4 is 4.74 Å². The van der Waals surface area contributed by atoms with E-state index in [1.807, 2.05) is 38.1 Å². The molecule has 0 aliphatic carbocycles. The Kier molecular flexibility index (Phi) is 6.39. The number of carbonyl (C=O) groups excluding carboxylic acids is 1. The average Bonchev–Trinajstić information content (AvgIpc) is 3.00. The number of ether oxygens (including phenoxy) is 2. The first kappa shape index (κ1) is 20.7. The highest BCUT2D eigenvalue weighted by molar-refractivity contribution is 6.30. The van der Waals surface area contributed by atoms with E-state index in [0.717, 1.165) is 22.6 Å². The van der Waals surface area contributed by atoms with Crippen LogP contribution in [-0.2, 0) is 4.74 Å². The second-order valence-electron chi connectivity index (χ2n) is 6.51. The third kappa shape index (κ3) is 4.51. The van der Waals surface area contributed by atoms with Crippen molar-refractivity contribution in [1.82, 2.24) is 4.57 Å². The predicted molar refractivity (Wildman–Crippen MR) is 116 cm³/mol. The van der Waals surface area contributed by atoms with E-state index >= 15 is 0 Å². The fourth-order valence-electron chi connectivity index (χ4n) is 3.21. The van der Waals surface area contributed by atoms with Crippen LogP contribution in [0.2, 0.25) is 5.02 Å². The van der Waals surface area contributed by atoms with Gasteiger partial charge >= 0.3 is 5.97 Å². The summed E-state index contributed by atoms with van der Waals surface area (Å²) in [4.78, 5) is 16.6. The van der Waals surface area contributed by atoms with Crippen LogP contribution in [0.4, 0.5) is 5.69 Å². The molecule has 1 heterocycles. The first-order chi connectivity index (χ1) is 13.9. The second-order valence-corrected chi connectivity index (χ2v) is 6.94. The average molecular weight is 411 g/mol. The molecule has 0 aliphatic heterocycles. The van der Waals surface area contributed by atoms with E-state index in [1.54, 1.807) is 44.5 Å². The monoisotopic (exact) mass is 410 g/mol. The van der Waals surface area contributed by atoms with Crippen LogP contribution in [0.1, 0.15) is 34.2 Å². The molecule has 2 aromatic carbocycles. The summed E-state index contributed by atoms with van der Waals surface area (Å²) in [5.74, 6) is 0.327. The van der Waals surface area contributed by atoms with Crippen molar-refractivity contribution in [2.45, 2.75) is 20.8 Å². The molecule has 0 atom stereocenters. The zero-order valence-corrected chi connectivity index (χ0v) is 17.7. The molecular formula is C23H23ClN2O3. The van der Waals surface area contributed by atoms with Crippen LogP contribution in [0.15, 0.2) is 53.5 Å². The smallest absolute Gasteiger partial charge is 0.338 e. The molecule has 29 heavy (non-hydrogen) atoms. The number of aliphatic imine (C=N–C) groups is 1. The second kappa shape index (κ2) is 8.97. The van der Waals surface area contributed by atoms with Crippen molar-refractivity contribution in [3.63, 3.8) is 0 Å². The number of methoxy groups -OCH3 is 1. The summed E-state index contributed by atoms with van der Waals surface area (Å²) in [6.45, 7) is 6.17. The number of nitrogens with zero attached hydrogens (tertiary/aromatic N) is 2. The maximum Gasteiger partial charge on any atom is 0.338 e. The van der Waals surface area contributed by atoms with Gasteiger partial charge in [0.1, 0.15) is 11.4 Å². The summed E-state index contributed by atoms with van der Waals surface area (Å²) < 4.78 is 12.5. The first-order valence-corrected chi connectivity index (χ1v) is 9.66. The van der Waals surface area contributed by atoms with Crippen LogP contribution in [0, 0.1) is 13.8 Å². The van der Waals surface area contributed by atoms with E-state index in [2.05, 4.69) is 9.56 Å². The number of aryl methyl sites for hydroxylation is 1. The Morgan fingerprint density at radius 1 is 1.17 bits per heavy atom. The molecule has 0 N–H and O–H groups in total. The molecule has 5 nitrogen and oxygen atoms in total. The van der Waals surface area contributed by atoms with Gasteiger partial charge in [0.2, 0.25) is 0 Å². The van der Waals surface area contributed by atoms with Gasteiger partial charge in [-0.05, 0) is 63.2 Å². The third-order valence-corrected chi connectivity index (χ3v) is 4.80. The Labute approximate surface area is 175 Å². The number of halogens is 1. The van der Waals surface area contributed by atoms with E-state index < -0.39 is 0 Å². The molecule has 0 spiro atoms. The summed E-state index contributed by atoms with van der Waals surface area (Å²) in [6.07, 6.45) is 1.79. The molecule has 0 bridgehead atoms. The Morgan fingerprint density at radius 2 is 1.97 bits per heavy atom. The minimum absolute atomic E-state index is 0.327. The van der Waals surface area contributed by atoms with Gasteiger partial charge in [-0.25, -0.2) is 4.79 Å². The Hall–Kier alpha value is -3.05. The van der Waals surface area contributed by atoms with Crippen LogP contribution in [0.5, 0.6) is 5.75 Å². The molecule has 0 unspecified atom stereocenters. The molecule has 0 radical (unpaired) electrons. The summed E-state index contributed by atoms with van der Waals surface area (Å²) in [5.41, 5.74) is 5.08. The fourth-order valence-corrected chi connectivity index (χ4v) is 3.37. The Morgan fingerprint density at radius 3 is 2.69 bits per heavy atom. The van der Waals surface area contributed by atoms with Gasteiger partial charge in [-0.2, -0.15) is 0 Å². The van der Waals surface area contributed by atoms with E-state index in [-0.39, 0.29) is 5.97 Å². The lowest BCUT2D eigenvalue weighted by atomic mass is 10.2. The van der Waals surface area contributed by atoms with Crippen LogP contribution >= 0.6 is 11.6 Å². The van der Waals surface area contributed by atoms with Gasteiger partial charge < -0.3 is 14.0 Å². The van der Waals surface area contributed by atoms with E-state index in [0.29, 0.717) is 28.6 Å². The number of aromatic nitrogens is 1. The van der Waals surface area contributed by atoms with Crippen molar-refractivity contribution in [2.24, 2.45) is 4.99 Å². The molecule has 3 aromatic rings. The van der Waals surface area contributed by atoms with Crippen molar-refractivity contribution in [2.75, 3.05) is 13.7 Å². The van der Waals surface area contributed by atoms with Crippen LogP contribution in [0.3, 0.4) is 0 Å². The Bertz CT molecular complexity index is 1070. The number of rotatable bonds is 6. The van der Waals surface area contributed by atoms with E-state index in [9.17, 15) is 4.79 Å². The van der Waals surface area contributed by atoms with E-state index in [1.165, 1.54) is 0 Å². The molecule has 0 fully saturated rings. The maximum atomic E-state index is 12.1. The van der Waals surface area contributed by atoms with Crippen LogP contribution in [0.25, 0.3) is 5.69 Å². The summed E-state index contributed by atoms with van der Waals surface area (Å²) in [5, 5.41) is 0.596. The zero-order valence-electron chi connectivity index (χ0n) is 16.9. The third-order valence-electron chi connectivity index (χ3n) is 4.57. The lowest BCUT2D eigenvalue weighted by Crippen LogP contribution is -2.06. The number of hydrogen-bond donors (Lipinski definition) is 0. The molecule has 6 heteroatoms. The van der Waals surface area contributed by atoms with E-state index in [4.69, 9.17) is 21.1 Å². The molecule has 0 saturated carbocycles. The molecule has 3 rings (SSSR count). The molecular weight excluding hydrogens is 388 g/mol.